The number of ketones is 1. The third-order valence-corrected chi connectivity index (χ3v) is 3.38. The first-order chi connectivity index (χ1) is 11.0. The maximum absolute atomic E-state index is 12.2. The molecule has 23 heavy (non-hydrogen) atoms. The second-order valence-electron chi connectivity index (χ2n) is 4.94. The van der Waals surface area contributed by atoms with Crippen molar-refractivity contribution in [3.05, 3.63) is 80.3 Å². The molecule has 0 aliphatic carbocycles. The second kappa shape index (κ2) is 5.80. The number of Topliss-reactive ketones (excluding diaryl/α,β-unsaturated/α-hetero) is 1. The van der Waals surface area contributed by atoms with Gasteiger partial charge in [0, 0.05) is 17.7 Å². The van der Waals surface area contributed by atoms with Gasteiger partial charge in [-0.2, -0.15) is 0 Å². The van der Waals surface area contributed by atoms with Crippen LogP contribution in [0.1, 0.15) is 16.1 Å². The van der Waals surface area contributed by atoms with Gasteiger partial charge in [-0.05, 0) is 6.07 Å². The number of non-ortho nitro benzene ring substituents is 1. The Labute approximate surface area is 129 Å². The quantitative estimate of drug-likeness (QED) is 0.452. The van der Waals surface area contributed by atoms with Crippen LogP contribution in [0.5, 0.6) is 0 Å². The average molecular weight is 309 g/mol. The average Bonchev–Trinajstić information content (AvgIpc) is 2.55. The van der Waals surface area contributed by atoms with Crippen molar-refractivity contribution in [2.75, 3.05) is 0 Å². The largest absolute Gasteiger partial charge is 0.319 e. The molecule has 7 heteroatoms. The summed E-state index contributed by atoms with van der Waals surface area (Å²) in [6.45, 7) is 0. The monoisotopic (exact) mass is 309 g/mol. The number of hydrogen-bond acceptors (Lipinski definition) is 5. The van der Waals surface area contributed by atoms with Crippen molar-refractivity contribution in [2.24, 2.45) is 0 Å². The third kappa shape index (κ3) is 2.98. The minimum Gasteiger partial charge on any atom is -0.319 e. The number of fused-ring (bicyclic) bond motifs is 1. The topological polar surface area (TPSA) is 106 Å². The number of nitrogens with one attached hydrogen (secondary N) is 1. The molecule has 0 aliphatic rings. The first kappa shape index (κ1) is 14.6. The molecule has 0 unspecified atom stereocenters. The number of aromatic amines is 1. The number of benzene rings is 2. The molecule has 0 atom stereocenters. The first-order valence-corrected chi connectivity index (χ1v) is 6.80. The van der Waals surface area contributed by atoms with Crippen LogP contribution < -0.4 is 5.56 Å². The van der Waals surface area contributed by atoms with Gasteiger partial charge in [0.15, 0.2) is 5.78 Å². The maximum Gasteiger partial charge on any atom is 0.271 e. The van der Waals surface area contributed by atoms with E-state index in [0.717, 1.165) is 0 Å². The molecule has 0 saturated heterocycles. The summed E-state index contributed by atoms with van der Waals surface area (Å²) in [7, 11) is 0. The van der Waals surface area contributed by atoms with Crippen LogP contribution in [0.25, 0.3) is 11.0 Å². The second-order valence-corrected chi connectivity index (χ2v) is 4.94. The summed E-state index contributed by atoms with van der Waals surface area (Å²) in [5.74, 6) is -0.242. The maximum atomic E-state index is 12.2. The normalized spacial score (nSPS) is 10.6. The molecule has 0 saturated carbocycles. The molecule has 1 N–H and O–H groups in total. The molecule has 0 bridgehead atoms. The molecule has 0 radical (unpaired) electrons. The van der Waals surface area contributed by atoms with Crippen molar-refractivity contribution >= 4 is 22.5 Å². The molecule has 2 aromatic carbocycles. The Bertz CT molecular complexity index is 964. The van der Waals surface area contributed by atoms with E-state index in [1.54, 1.807) is 30.3 Å². The Morgan fingerprint density at radius 2 is 1.91 bits per heavy atom. The van der Waals surface area contributed by atoms with Gasteiger partial charge >= 0.3 is 0 Å². The number of carbonyl (C=O) groups excluding carboxylic acids is 1. The Morgan fingerprint density at radius 3 is 2.61 bits per heavy atom. The summed E-state index contributed by atoms with van der Waals surface area (Å²) in [6.07, 6.45) is -0.169. The highest BCUT2D eigenvalue weighted by Gasteiger charge is 2.14. The van der Waals surface area contributed by atoms with Crippen molar-refractivity contribution in [2.45, 2.75) is 6.42 Å². The molecule has 0 spiro atoms. The van der Waals surface area contributed by atoms with Crippen LogP contribution in [0.4, 0.5) is 5.69 Å². The van der Waals surface area contributed by atoms with Crippen molar-refractivity contribution in [1.82, 2.24) is 9.97 Å². The van der Waals surface area contributed by atoms with Gasteiger partial charge in [0.2, 0.25) is 0 Å². The first-order valence-electron chi connectivity index (χ1n) is 6.80. The van der Waals surface area contributed by atoms with E-state index < -0.39 is 10.5 Å². The van der Waals surface area contributed by atoms with Crippen molar-refractivity contribution < 1.29 is 9.72 Å². The summed E-state index contributed by atoms with van der Waals surface area (Å²) in [5.41, 5.74) is 0.568. The zero-order chi connectivity index (χ0) is 16.4. The van der Waals surface area contributed by atoms with Gasteiger partial charge < -0.3 is 4.98 Å². The molecular formula is C16H11N3O4. The van der Waals surface area contributed by atoms with Gasteiger partial charge in [-0.25, -0.2) is 4.98 Å². The summed E-state index contributed by atoms with van der Waals surface area (Å²) in [4.78, 5) is 41.2. The predicted molar refractivity (Wildman–Crippen MR) is 83.5 cm³/mol. The summed E-state index contributed by atoms with van der Waals surface area (Å²) >= 11 is 0. The summed E-state index contributed by atoms with van der Waals surface area (Å²) in [6, 6.07) is 12.5. The van der Waals surface area contributed by atoms with Gasteiger partial charge in [-0.1, -0.05) is 30.3 Å². The Kier molecular flexibility index (Phi) is 3.68. The fourth-order valence-corrected chi connectivity index (χ4v) is 2.22. The zero-order valence-corrected chi connectivity index (χ0v) is 11.9. The lowest BCUT2D eigenvalue weighted by Gasteiger charge is -2.03. The third-order valence-electron chi connectivity index (χ3n) is 3.38. The summed E-state index contributed by atoms with van der Waals surface area (Å²) in [5, 5.41) is 10.8. The van der Waals surface area contributed by atoms with E-state index in [9.17, 15) is 19.7 Å². The number of nitrogens with zero attached hydrogens (tertiary/aromatic N) is 2. The van der Waals surface area contributed by atoms with Crippen LogP contribution in [-0.4, -0.2) is 20.7 Å². The van der Waals surface area contributed by atoms with E-state index in [1.807, 2.05) is 0 Å². The molecule has 7 nitrogen and oxygen atoms in total. The highest BCUT2D eigenvalue weighted by molar-refractivity contribution is 5.97. The molecule has 3 rings (SSSR count). The fraction of sp³-hybridized carbons (Fsp3) is 0.0625. The van der Waals surface area contributed by atoms with Gasteiger partial charge in [0.05, 0.1) is 22.4 Å². The van der Waals surface area contributed by atoms with E-state index >= 15 is 0 Å². The highest BCUT2D eigenvalue weighted by Crippen LogP contribution is 2.17. The number of nitro groups is 1. The van der Waals surface area contributed by atoms with Gasteiger partial charge in [-0.3, -0.25) is 19.7 Å². The SMILES string of the molecule is O=C(Cc1nc2cc([N+](=O)[O-])ccc2[nH]c1=O)c1ccccc1. The van der Waals surface area contributed by atoms with E-state index in [2.05, 4.69) is 9.97 Å². The molecule has 1 aromatic heterocycles. The summed E-state index contributed by atoms with van der Waals surface area (Å²) < 4.78 is 0. The van der Waals surface area contributed by atoms with Crippen LogP contribution in [0, 0.1) is 10.1 Å². The fourth-order valence-electron chi connectivity index (χ4n) is 2.22. The Hall–Kier alpha value is -3.35. The van der Waals surface area contributed by atoms with Gasteiger partial charge in [-0.15, -0.1) is 0 Å². The predicted octanol–water partition coefficient (Wildman–Crippen LogP) is 2.26. The van der Waals surface area contributed by atoms with Gasteiger partial charge in [0.25, 0.3) is 11.2 Å². The van der Waals surface area contributed by atoms with E-state index in [4.69, 9.17) is 0 Å². The van der Waals surface area contributed by atoms with E-state index in [1.165, 1.54) is 18.2 Å². The van der Waals surface area contributed by atoms with E-state index in [0.29, 0.717) is 11.1 Å². The van der Waals surface area contributed by atoms with Crippen molar-refractivity contribution in [3.63, 3.8) is 0 Å². The number of aromatic nitrogens is 2. The minimum absolute atomic E-state index is 0.0341. The molecule has 1 heterocycles. The molecular weight excluding hydrogens is 298 g/mol. The number of carbonyl (C=O) groups is 1. The van der Waals surface area contributed by atoms with Crippen LogP contribution in [-0.2, 0) is 6.42 Å². The van der Waals surface area contributed by atoms with Crippen LogP contribution in [0.3, 0.4) is 0 Å². The number of hydrogen-bond donors (Lipinski definition) is 1. The number of H-pyrrole nitrogens is 1. The van der Waals surface area contributed by atoms with Crippen molar-refractivity contribution in [3.8, 4) is 0 Å². The Morgan fingerprint density at radius 1 is 1.17 bits per heavy atom. The number of rotatable bonds is 4. The highest BCUT2D eigenvalue weighted by atomic mass is 16.6. The lowest BCUT2D eigenvalue weighted by Crippen LogP contribution is -2.19. The minimum atomic E-state index is -0.541. The molecule has 3 aromatic rings. The van der Waals surface area contributed by atoms with E-state index in [-0.39, 0.29) is 29.1 Å². The van der Waals surface area contributed by atoms with Crippen LogP contribution >= 0.6 is 0 Å². The molecule has 0 amide bonds. The Balaban J connectivity index is 2.00. The van der Waals surface area contributed by atoms with Crippen LogP contribution in [0.2, 0.25) is 0 Å². The van der Waals surface area contributed by atoms with Crippen LogP contribution in [0.15, 0.2) is 53.3 Å². The molecule has 114 valence electrons. The zero-order valence-electron chi connectivity index (χ0n) is 11.9. The molecule has 0 fully saturated rings. The smallest absolute Gasteiger partial charge is 0.271 e. The molecule has 0 aliphatic heterocycles. The van der Waals surface area contributed by atoms with Crippen molar-refractivity contribution in [1.29, 1.82) is 0 Å². The standard InChI is InChI=1S/C16H11N3O4/c20-15(10-4-2-1-3-5-10)9-14-16(21)18-12-7-6-11(19(22)23)8-13(12)17-14/h1-8H,9H2,(H,18,21). The lowest BCUT2D eigenvalue weighted by atomic mass is 10.1. The number of nitro benzene ring substituents is 1. The lowest BCUT2D eigenvalue weighted by molar-refractivity contribution is -0.384. The van der Waals surface area contributed by atoms with Gasteiger partial charge in [0.1, 0.15) is 5.69 Å².